The van der Waals surface area contributed by atoms with Crippen LogP contribution in [0.1, 0.15) is 48.2 Å². The SMILES string of the molecule is OC(CC1CCCc2ccccc2C1O)c1ccccc1. The van der Waals surface area contributed by atoms with Crippen LogP contribution in [-0.4, -0.2) is 10.2 Å². The molecule has 0 amide bonds. The zero-order valence-corrected chi connectivity index (χ0v) is 12.2. The summed E-state index contributed by atoms with van der Waals surface area (Å²) in [5.74, 6) is 0.115. The molecule has 0 aliphatic heterocycles. The highest BCUT2D eigenvalue weighted by atomic mass is 16.3. The van der Waals surface area contributed by atoms with Gasteiger partial charge in [-0.15, -0.1) is 0 Å². The Bertz CT molecular complexity index is 579. The normalized spacial score (nSPS) is 23.1. The van der Waals surface area contributed by atoms with Crippen LogP contribution < -0.4 is 0 Å². The van der Waals surface area contributed by atoms with Gasteiger partial charge in [0, 0.05) is 0 Å². The fraction of sp³-hybridized carbons (Fsp3) is 0.368. The van der Waals surface area contributed by atoms with Crippen molar-refractivity contribution >= 4 is 0 Å². The molecular formula is C19H22O2. The Kier molecular flexibility index (Phi) is 4.37. The van der Waals surface area contributed by atoms with Crippen LogP contribution >= 0.6 is 0 Å². The molecule has 0 bridgehead atoms. The molecule has 2 N–H and O–H groups in total. The van der Waals surface area contributed by atoms with Gasteiger partial charge in [0.15, 0.2) is 0 Å². The lowest BCUT2D eigenvalue weighted by Gasteiger charge is -2.24. The van der Waals surface area contributed by atoms with E-state index in [0.29, 0.717) is 6.42 Å². The Labute approximate surface area is 126 Å². The average Bonchev–Trinajstić information content (AvgIpc) is 2.69. The number of aliphatic hydroxyl groups is 2. The summed E-state index contributed by atoms with van der Waals surface area (Å²) in [4.78, 5) is 0. The minimum atomic E-state index is -0.504. The fourth-order valence-electron chi connectivity index (χ4n) is 3.36. The number of fused-ring (bicyclic) bond motifs is 1. The summed E-state index contributed by atoms with van der Waals surface area (Å²) in [6.45, 7) is 0. The van der Waals surface area contributed by atoms with Gasteiger partial charge in [-0.3, -0.25) is 0 Å². The summed E-state index contributed by atoms with van der Waals surface area (Å²) in [5.41, 5.74) is 3.23. The second kappa shape index (κ2) is 6.42. The first-order chi connectivity index (χ1) is 10.3. The Balaban J connectivity index is 1.77. The molecule has 3 rings (SSSR count). The quantitative estimate of drug-likeness (QED) is 0.841. The van der Waals surface area contributed by atoms with Crippen LogP contribution in [0.2, 0.25) is 0 Å². The Morgan fingerprint density at radius 1 is 1.00 bits per heavy atom. The Morgan fingerprint density at radius 3 is 2.52 bits per heavy atom. The third-order valence-electron chi connectivity index (χ3n) is 4.55. The van der Waals surface area contributed by atoms with E-state index in [1.54, 1.807) is 0 Å². The van der Waals surface area contributed by atoms with E-state index in [4.69, 9.17) is 0 Å². The lowest BCUT2D eigenvalue weighted by molar-refractivity contribution is 0.0575. The first-order valence-corrected chi connectivity index (χ1v) is 7.74. The molecule has 0 saturated heterocycles. The fourth-order valence-corrected chi connectivity index (χ4v) is 3.36. The number of aliphatic hydroxyl groups excluding tert-OH is 2. The van der Waals surface area contributed by atoms with E-state index < -0.39 is 12.2 Å². The molecule has 110 valence electrons. The van der Waals surface area contributed by atoms with Crippen molar-refractivity contribution in [2.45, 2.75) is 37.9 Å². The monoisotopic (exact) mass is 282 g/mol. The predicted octanol–water partition coefficient (Wildman–Crippen LogP) is 3.80. The van der Waals surface area contributed by atoms with Crippen LogP contribution in [0.3, 0.4) is 0 Å². The number of rotatable bonds is 3. The molecular weight excluding hydrogens is 260 g/mol. The van der Waals surface area contributed by atoms with Crippen molar-refractivity contribution in [2.75, 3.05) is 0 Å². The highest BCUT2D eigenvalue weighted by Gasteiger charge is 2.28. The van der Waals surface area contributed by atoms with Crippen molar-refractivity contribution in [1.29, 1.82) is 0 Å². The van der Waals surface area contributed by atoms with E-state index >= 15 is 0 Å². The largest absolute Gasteiger partial charge is 0.388 e. The van der Waals surface area contributed by atoms with Gasteiger partial charge in [0.25, 0.3) is 0 Å². The summed E-state index contributed by atoms with van der Waals surface area (Å²) in [7, 11) is 0. The topological polar surface area (TPSA) is 40.5 Å². The zero-order valence-electron chi connectivity index (χ0n) is 12.2. The highest BCUT2D eigenvalue weighted by molar-refractivity contribution is 5.30. The van der Waals surface area contributed by atoms with Crippen LogP contribution in [0.25, 0.3) is 0 Å². The second-order valence-electron chi connectivity index (χ2n) is 5.96. The van der Waals surface area contributed by atoms with Gasteiger partial charge >= 0.3 is 0 Å². The van der Waals surface area contributed by atoms with Crippen molar-refractivity contribution < 1.29 is 10.2 Å². The standard InChI is InChI=1S/C19H22O2/c20-18(15-8-2-1-3-9-15)13-16-11-6-10-14-7-4-5-12-17(14)19(16)21/h1-5,7-9,12,16,18-21H,6,10-11,13H2. The van der Waals surface area contributed by atoms with E-state index in [9.17, 15) is 10.2 Å². The number of aryl methyl sites for hydroxylation is 1. The number of benzene rings is 2. The first kappa shape index (κ1) is 14.3. The molecule has 0 radical (unpaired) electrons. The maximum absolute atomic E-state index is 10.7. The highest BCUT2D eigenvalue weighted by Crippen LogP contribution is 2.37. The molecule has 0 heterocycles. The van der Waals surface area contributed by atoms with E-state index in [0.717, 1.165) is 30.4 Å². The van der Waals surface area contributed by atoms with Crippen LogP contribution in [0.4, 0.5) is 0 Å². The molecule has 2 heteroatoms. The molecule has 2 aromatic rings. The van der Waals surface area contributed by atoms with Crippen LogP contribution in [-0.2, 0) is 6.42 Å². The molecule has 3 atom stereocenters. The van der Waals surface area contributed by atoms with Gasteiger partial charge in [-0.1, -0.05) is 54.6 Å². The van der Waals surface area contributed by atoms with Gasteiger partial charge in [-0.25, -0.2) is 0 Å². The first-order valence-electron chi connectivity index (χ1n) is 7.74. The molecule has 0 fully saturated rings. The van der Waals surface area contributed by atoms with Gasteiger partial charge in [0.2, 0.25) is 0 Å². The van der Waals surface area contributed by atoms with E-state index in [2.05, 4.69) is 6.07 Å². The minimum absolute atomic E-state index is 0.115. The van der Waals surface area contributed by atoms with E-state index in [-0.39, 0.29) is 5.92 Å². The minimum Gasteiger partial charge on any atom is -0.388 e. The lowest BCUT2D eigenvalue weighted by Crippen LogP contribution is -2.15. The predicted molar refractivity (Wildman–Crippen MR) is 83.8 cm³/mol. The van der Waals surface area contributed by atoms with Crippen molar-refractivity contribution in [3.63, 3.8) is 0 Å². The van der Waals surface area contributed by atoms with Crippen molar-refractivity contribution in [1.82, 2.24) is 0 Å². The van der Waals surface area contributed by atoms with Gasteiger partial charge in [-0.05, 0) is 48.3 Å². The van der Waals surface area contributed by atoms with Gasteiger partial charge in [-0.2, -0.15) is 0 Å². The summed E-state index contributed by atoms with van der Waals surface area (Å²) in [6.07, 6.45) is 2.68. The number of hydrogen-bond donors (Lipinski definition) is 2. The lowest BCUT2D eigenvalue weighted by atomic mass is 9.87. The van der Waals surface area contributed by atoms with E-state index in [1.807, 2.05) is 48.5 Å². The summed E-state index contributed by atoms with van der Waals surface area (Å²) in [5, 5.41) is 21.1. The number of hydrogen-bond acceptors (Lipinski definition) is 2. The van der Waals surface area contributed by atoms with Crippen LogP contribution in [0, 0.1) is 5.92 Å². The zero-order chi connectivity index (χ0) is 14.7. The molecule has 2 aromatic carbocycles. The molecule has 0 saturated carbocycles. The maximum atomic E-state index is 10.7. The molecule has 0 spiro atoms. The molecule has 3 unspecified atom stereocenters. The second-order valence-corrected chi connectivity index (χ2v) is 5.96. The summed E-state index contributed by atoms with van der Waals surface area (Å²) < 4.78 is 0. The summed E-state index contributed by atoms with van der Waals surface area (Å²) >= 11 is 0. The van der Waals surface area contributed by atoms with Crippen molar-refractivity contribution in [3.8, 4) is 0 Å². The van der Waals surface area contributed by atoms with E-state index in [1.165, 1.54) is 5.56 Å². The molecule has 0 aromatic heterocycles. The van der Waals surface area contributed by atoms with Crippen molar-refractivity contribution in [2.24, 2.45) is 5.92 Å². The third kappa shape index (κ3) is 3.17. The third-order valence-corrected chi connectivity index (χ3v) is 4.55. The van der Waals surface area contributed by atoms with Crippen molar-refractivity contribution in [3.05, 3.63) is 71.3 Å². The van der Waals surface area contributed by atoms with Crippen LogP contribution in [0.5, 0.6) is 0 Å². The smallest absolute Gasteiger partial charge is 0.0821 e. The molecule has 2 nitrogen and oxygen atoms in total. The van der Waals surface area contributed by atoms with Crippen LogP contribution in [0.15, 0.2) is 54.6 Å². The molecule has 1 aliphatic carbocycles. The Hall–Kier alpha value is -1.64. The maximum Gasteiger partial charge on any atom is 0.0821 e. The van der Waals surface area contributed by atoms with Gasteiger partial charge in [0.05, 0.1) is 12.2 Å². The molecule has 1 aliphatic rings. The van der Waals surface area contributed by atoms with Gasteiger partial charge < -0.3 is 10.2 Å². The molecule has 21 heavy (non-hydrogen) atoms. The van der Waals surface area contributed by atoms with Gasteiger partial charge in [0.1, 0.15) is 0 Å². The Morgan fingerprint density at radius 2 is 1.71 bits per heavy atom. The average molecular weight is 282 g/mol. The summed E-state index contributed by atoms with van der Waals surface area (Å²) in [6, 6.07) is 17.9.